The minimum atomic E-state index is -1.01. The van der Waals surface area contributed by atoms with Gasteiger partial charge in [-0.15, -0.1) is 0 Å². The van der Waals surface area contributed by atoms with Gasteiger partial charge < -0.3 is 9.67 Å². The van der Waals surface area contributed by atoms with E-state index in [1.165, 1.54) is 5.56 Å². The lowest BCUT2D eigenvalue weighted by Gasteiger charge is -2.13. The Labute approximate surface area is 156 Å². The first-order chi connectivity index (χ1) is 13.1. The van der Waals surface area contributed by atoms with Gasteiger partial charge in [0, 0.05) is 12.4 Å². The van der Waals surface area contributed by atoms with Gasteiger partial charge >= 0.3 is 5.97 Å². The number of rotatable bonds is 4. The molecular weight excluding hydrogens is 340 g/mol. The maximum Gasteiger partial charge on any atom is 0.354 e. The fourth-order valence-corrected chi connectivity index (χ4v) is 3.43. The molecule has 0 fully saturated rings. The number of carbonyl (C=O) groups is 1. The van der Waals surface area contributed by atoms with Gasteiger partial charge in [-0.1, -0.05) is 36.4 Å². The minimum Gasteiger partial charge on any atom is -0.477 e. The molecule has 0 aliphatic heterocycles. The van der Waals surface area contributed by atoms with Gasteiger partial charge in [-0.2, -0.15) is 0 Å². The van der Waals surface area contributed by atoms with Gasteiger partial charge in [0.1, 0.15) is 5.69 Å². The number of nitrogens with zero attached hydrogens (tertiary/aromatic N) is 4. The van der Waals surface area contributed by atoms with Crippen LogP contribution in [0.15, 0.2) is 55.0 Å². The predicted molar refractivity (Wildman–Crippen MR) is 103 cm³/mol. The quantitative estimate of drug-likeness (QED) is 0.599. The van der Waals surface area contributed by atoms with Crippen molar-refractivity contribution in [3.63, 3.8) is 0 Å². The highest BCUT2D eigenvalue weighted by atomic mass is 16.4. The van der Waals surface area contributed by atoms with Crippen molar-refractivity contribution < 1.29 is 9.90 Å². The van der Waals surface area contributed by atoms with Gasteiger partial charge in [0.25, 0.3) is 0 Å². The number of imidazole rings is 1. The highest BCUT2D eigenvalue weighted by Crippen LogP contribution is 2.27. The van der Waals surface area contributed by atoms with Crippen LogP contribution in [-0.4, -0.2) is 30.6 Å². The SMILES string of the molecule is Cc1nc(-c2cnccn2)n(Cc2ccc(C)c3ccccc23)c1C(=O)O. The van der Waals surface area contributed by atoms with E-state index >= 15 is 0 Å². The Bertz CT molecular complexity index is 1150. The Kier molecular flexibility index (Phi) is 4.16. The Morgan fingerprint density at radius 3 is 2.56 bits per heavy atom. The summed E-state index contributed by atoms with van der Waals surface area (Å²) in [4.78, 5) is 24.8. The van der Waals surface area contributed by atoms with E-state index in [-0.39, 0.29) is 5.69 Å². The van der Waals surface area contributed by atoms with Crippen LogP contribution in [0.5, 0.6) is 0 Å². The number of aromatic carboxylic acids is 1. The Hall–Kier alpha value is -3.54. The van der Waals surface area contributed by atoms with Crippen LogP contribution < -0.4 is 0 Å². The first kappa shape index (κ1) is 16.9. The third kappa shape index (κ3) is 2.95. The largest absolute Gasteiger partial charge is 0.477 e. The van der Waals surface area contributed by atoms with E-state index < -0.39 is 5.97 Å². The number of fused-ring (bicyclic) bond motifs is 1. The lowest BCUT2D eigenvalue weighted by Crippen LogP contribution is -2.12. The van der Waals surface area contributed by atoms with Gasteiger partial charge in [-0.3, -0.25) is 4.98 Å². The normalized spacial score (nSPS) is 11.0. The number of carboxylic acids is 1. The highest BCUT2D eigenvalue weighted by molar-refractivity contribution is 5.90. The second-order valence-corrected chi connectivity index (χ2v) is 6.44. The standard InChI is InChI=1S/C21H18N4O2/c1-13-7-8-15(17-6-4-3-5-16(13)17)12-25-19(21(26)27)14(2)24-20(25)18-11-22-9-10-23-18/h3-11H,12H2,1-2H3,(H,26,27). The van der Waals surface area contributed by atoms with Crippen LogP contribution in [0.3, 0.4) is 0 Å². The van der Waals surface area contributed by atoms with Gasteiger partial charge in [0.2, 0.25) is 0 Å². The summed E-state index contributed by atoms with van der Waals surface area (Å²) in [6, 6.07) is 12.2. The van der Waals surface area contributed by atoms with E-state index in [1.54, 1.807) is 30.1 Å². The van der Waals surface area contributed by atoms with Crippen LogP contribution in [-0.2, 0) is 6.54 Å². The molecule has 0 aliphatic carbocycles. The maximum absolute atomic E-state index is 11.9. The fourth-order valence-electron chi connectivity index (χ4n) is 3.43. The molecule has 0 saturated heterocycles. The molecule has 1 N–H and O–H groups in total. The third-order valence-electron chi connectivity index (χ3n) is 4.70. The number of aryl methyl sites for hydroxylation is 2. The topological polar surface area (TPSA) is 80.9 Å². The summed E-state index contributed by atoms with van der Waals surface area (Å²) in [5.41, 5.74) is 3.38. The van der Waals surface area contributed by atoms with Crippen LogP contribution >= 0.6 is 0 Å². The molecule has 2 aromatic carbocycles. The van der Waals surface area contributed by atoms with Crippen molar-refractivity contribution in [2.45, 2.75) is 20.4 Å². The number of aromatic nitrogens is 4. The highest BCUT2D eigenvalue weighted by Gasteiger charge is 2.22. The molecule has 2 aromatic heterocycles. The van der Waals surface area contributed by atoms with E-state index in [1.807, 2.05) is 18.2 Å². The number of benzene rings is 2. The lowest BCUT2D eigenvalue weighted by molar-refractivity contribution is 0.0685. The molecule has 6 nitrogen and oxygen atoms in total. The molecule has 0 spiro atoms. The van der Waals surface area contributed by atoms with Gasteiger partial charge in [-0.25, -0.2) is 14.8 Å². The Morgan fingerprint density at radius 1 is 1.07 bits per heavy atom. The van der Waals surface area contributed by atoms with E-state index in [2.05, 4.69) is 40.1 Å². The molecule has 6 heteroatoms. The number of hydrogen-bond acceptors (Lipinski definition) is 4. The van der Waals surface area contributed by atoms with Gasteiger partial charge in [0.15, 0.2) is 11.5 Å². The van der Waals surface area contributed by atoms with Crippen molar-refractivity contribution in [1.82, 2.24) is 19.5 Å². The molecule has 4 rings (SSSR count). The maximum atomic E-state index is 11.9. The van der Waals surface area contributed by atoms with Crippen LogP contribution in [0, 0.1) is 13.8 Å². The molecule has 134 valence electrons. The lowest BCUT2D eigenvalue weighted by atomic mass is 10.00. The zero-order valence-corrected chi connectivity index (χ0v) is 15.0. The molecule has 0 radical (unpaired) electrons. The van der Waals surface area contributed by atoms with E-state index in [0.717, 1.165) is 16.3 Å². The summed E-state index contributed by atoms with van der Waals surface area (Å²) >= 11 is 0. The summed E-state index contributed by atoms with van der Waals surface area (Å²) in [5.74, 6) is -0.505. The van der Waals surface area contributed by atoms with Gasteiger partial charge in [-0.05, 0) is 35.7 Å². The van der Waals surface area contributed by atoms with E-state index in [9.17, 15) is 9.90 Å². The van der Waals surface area contributed by atoms with Crippen molar-refractivity contribution in [3.05, 3.63) is 77.5 Å². The first-order valence-electron chi connectivity index (χ1n) is 8.60. The third-order valence-corrected chi connectivity index (χ3v) is 4.70. The first-order valence-corrected chi connectivity index (χ1v) is 8.60. The van der Waals surface area contributed by atoms with Crippen LogP contribution in [0.4, 0.5) is 0 Å². The van der Waals surface area contributed by atoms with E-state index in [0.29, 0.717) is 23.8 Å². The second kappa shape index (κ2) is 6.64. The van der Waals surface area contributed by atoms with Crippen molar-refractivity contribution in [2.24, 2.45) is 0 Å². The smallest absolute Gasteiger partial charge is 0.354 e. The number of carboxylic acid groups (broad SMARTS) is 1. The van der Waals surface area contributed by atoms with E-state index in [4.69, 9.17) is 0 Å². The monoisotopic (exact) mass is 358 g/mol. The molecule has 2 heterocycles. The predicted octanol–water partition coefficient (Wildman–Crippen LogP) is 3.86. The molecule has 0 unspecified atom stereocenters. The summed E-state index contributed by atoms with van der Waals surface area (Å²) in [6.07, 6.45) is 4.75. The summed E-state index contributed by atoms with van der Waals surface area (Å²) in [7, 11) is 0. The Morgan fingerprint density at radius 2 is 1.85 bits per heavy atom. The second-order valence-electron chi connectivity index (χ2n) is 6.44. The van der Waals surface area contributed by atoms with Crippen LogP contribution in [0.1, 0.15) is 27.3 Å². The van der Waals surface area contributed by atoms with Crippen LogP contribution in [0.25, 0.3) is 22.3 Å². The summed E-state index contributed by atoms with van der Waals surface area (Å²) in [5, 5.41) is 12.0. The Balaban J connectivity index is 1.92. The molecule has 0 saturated carbocycles. The molecule has 4 aromatic rings. The molecule has 27 heavy (non-hydrogen) atoms. The summed E-state index contributed by atoms with van der Waals surface area (Å²) < 4.78 is 1.71. The summed E-state index contributed by atoms with van der Waals surface area (Å²) in [6.45, 7) is 4.16. The average Bonchev–Trinajstić information content (AvgIpc) is 3.01. The van der Waals surface area contributed by atoms with Gasteiger partial charge in [0.05, 0.1) is 18.4 Å². The van der Waals surface area contributed by atoms with Crippen molar-refractivity contribution in [1.29, 1.82) is 0 Å². The van der Waals surface area contributed by atoms with Crippen molar-refractivity contribution >= 4 is 16.7 Å². The molecule has 0 bridgehead atoms. The fraction of sp³-hybridized carbons (Fsp3) is 0.143. The average molecular weight is 358 g/mol. The van der Waals surface area contributed by atoms with Crippen LogP contribution in [0.2, 0.25) is 0 Å². The molecule has 0 atom stereocenters. The van der Waals surface area contributed by atoms with Crippen molar-refractivity contribution in [3.8, 4) is 11.5 Å². The van der Waals surface area contributed by atoms with Crippen molar-refractivity contribution in [2.75, 3.05) is 0 Å². The molecule has 0 aliphatic rings. The number of hydrogen-bond donors (Lipinski definition) is 1. The zero-order valence-electron chi connectivity index (χ0n) is 15.0. The molecular formula is C21H18N4O2. The molecule has 0 amide bonds. The minimum absolute atomic E-state index is 0.167. The zero-order chi connectivity index (χ0) is 19.0.